The van der Waals surface area contributed by atoms with Crippen LogP contribution in [0.1, 0.15) is 44.6 Å². The zero-order valence-corrected chi connectivity index (χ0v) is 11.9. The van der Waals surface area contributed by atoms with Crippen molar-refractivity contribution in [3.05, 3.63) is 29.6 Å². The van der Waals surface area contributed by atoms with Crippen LogP contribution in [0.3, 0.4) is 0 Å². The smallest absolute Gasteiger partial charge is 0.169 e. The molecule has 0 aromatic heterocycles. The number of hydrogen-bond donors (Lipinski definition) is 1. The van der Waals surface area contributed by atoms with E-state index in [1.807, 2.05) is 12.1 Å². The standard InChI is InChI=1S/C16H24FNO/c1-12-5-3-7-14(10-9-12)18-11-13-6-4-8-15(19-2)16(13)17/h4,6,8,12,14,18H,3,5,7,9-11H2,1-2H3. The SMILES string of the molecule is COc1cccc(CNC2CCCC(C)CC2)c1F. The van der Waals surface area contributed by atoms with Crippen LogP contribution in [0.2, 0.25) is 0 Å². The highest BCUT2D eigenvalue weighted by Crippen LogP contribution is 2.24. The van der Waals surface area contributed by atoms with Gasteiger partial charge in [0.1, 0.15) is 0 Å². The molecule has 0 amide bonds. The first-order valence-electron chi connectivity index (χ1n) is 7.25. The van der Waals surface area contributed by atoms with E-state index in [-0.39, 0.29) is 5.82 Å². The Kier molecular flexibility index (Phi) is 5.20. The molecular formula is C16H24FNO. The minimum atomic E-state index is -0.237. The van der Waals surface area contributed by atoms with Crippen LogP contribution in [0.5, 0.6) is 5.75 Å². The van der Waals surface area contributed by atoms with Gasteiger partial charge in [-0.2, -0.15) is 0 Å². The normalized spacial score (nSPS) is 23.9. The number of rotatable bonds is 4. The third-order valence-corrected chi connectivity index (χ3v) is 4.10. The van der Waals surface area contributed by atoms with Crippen molar-refractivity contribution in [2.45, 2.75) is 51.6 Å². The molecule has 2 atom stereocenters. The van der Waals surface area contributed by atoms with Crippen LogP contribution in [0.4, 0.5) is 4.39 Å². The number of ether oxygens (including phenoxy) is 1. The van der Waals surface area contributed by atoms with Crippen molar-refractivity contribution in [2.24, 2.45) is 5.92 Å². The second-order valence-corrected chi connectivity index (χ2v) is 5.62. The molecule has 1 aromatic rings. The Morgan fingerprint density at radius 3 is 2.89 bits per heavy atom. The molecule has 2 nitrogen and oxygen atoms in total. The summed E-state index contributed by atoms with van der Waals surface area (Å²) in [5.41, 5.74) is 0.691. The van der Waals surface area contributed by atoms with Gasteiger partial charge in [-0.05, 0) is 31.2 Å². The highest BCUT2D eigenvalue weighted by atomic mass is 19.1. The second kappa shape index (κ2) is 6.90. The van der Waals surface area contributed by atoms with Gasteiger partial charge in [0.25, 0.3) is 0 Å². The van der Waals surface area contributed by atoms with Gasteiger partial charge in [0.2, 0.25) is 0 Å². The molecule has 0 bridgehead atoms. The lowest BCUT2D eigenvalue weighted by Gasteiger charge is -2.17. The Bertz CT molecular complexity index is 408. The van der Waals surface area contributed by atoms with Crippen LogP contribution in [-0.2, 0) is 6.54 Å². The molecule has 2 unspecified atom stereocenters. The maximum absolute atomic E-state index is 14.0. The van der Waals surface area contributed by atoms with Crippen LogP contribution >= 0.6 is 0 Å². The predicted molar refractivity (Wildman–Crippen MR) is 75.8 cm³/mol. The van der Waals surface area contributed by atoms with E-state index >= 15 is 0 Å². The molecule has 0 saturated heterocycles. The summed E-state index contributed by atoms with van der Waals surface area (Å²) < 4.78 is 19.0. The maximum atomic E-state index is 14.0. The van der Waals surface area contributed by atoms with E-state index in [9.17, 15) is 4.39 Å². The fourth-order valence-corrected chi connectivity index (χ4v) is 2.80. The molecule has 1 fully saturated rings. The van der Waals surface area contributed by atoms with Crippen molar-refractivity contribution in [2.75, 3.05) is 7.11 Å². The molecule has 0 radical (unpaired) electrons. The van der Waals surface area contributed by atoms with E-state index in [4.69, 9.17) is 4.74 Å². The van der Waals surface area contributed by atoms with Crippen molar-refractivity contribution in [3.63, 3.8) is 0 Å². The van der Waals surface area contributed by atoms with E-state index in [0.29, 0.717) is 23.9 Å². The summed E-state index contributed by atoms with van der Waals surface area (Å²) in [6.07, 6.45) is 6.28. The van der Waals surface area contributed by atoms with Crippen LogP contribution in [0.15, 0.2) is 18.2 Å². The highest BCUT2D eigenvalue weighted by Gasteiger charge is 2.16. The molecule has 0 spiro atoms. The maximum Gasteiger partial charge on any atom is 0.169 e. The second-order valence-electron chi connectivity index (χ2n) is 5.62. The largest absolute Gasteiger partial charge is 0.494 e. The van der Waals surface area contributed by atoms with Gasteiger partial charge in [0, 0.05) is 18.2 Å². The van der Waals surface area contributed by atoms with E-state index in [1.54, 1.807) is 6.07 Å². The Morgan fingerprint density at radius 2 is 2.11 bits per heavy atom. The van der Waals surface area contributed by atoms with Crippen molar-refractivity contribution in [1.82, 2.24) is 5.32 Å². The minimum absolute atomic E-state index is 0.237. The first-order chi connectivity index (χ1) is 9.20. The Balaban J connectivity index is 1.91. The van der Waals surface area contributed by atoms with Gasteiger partial charge in [0.15, 0.2) is 11.6 Å². The molecule has 19 heavy (non-hydrogen) atoms. The molecule has 1 N–H and O–H groups in total. The quantitative estimate of drug-likeness (QED) is 0.834. The summed E-state index contributed by atoms with van der Waals surface area (Å²) in [4.78, 5) is 0. The van der Waals surface area contributed by atoms with Gasteiger partial charge in [-0.25, -0.2) is 4.39 Å². The monoisotopic (exact) mass is 265 g/mol. The van der Waals surface area contributed by atoms with Crippen LogP contribution in [0.25, 0.3) is 0 Å². The zero-order chi connectivity index (χ0) is 13.7. The minimum Gasteiger partial charge on any atom is -0.494 e. The van der Waals surface area contributed by atoms with Gasteiger partial charge in [0.05, 0.1) is 7.11 Å². The van der Waals surface area contributed by atoms with E-state index in [2.05, 4.69) is 12.2 Å². The van der Waals surface area contributed by atoms with E-state index in [0.717, 1.165) is 5.92 Å². The molecule has 1 aliphatic rings. The average molecular weight is 265 g/mol. The zero-order valence-electron chi connectivity index (χ0n) is 11.9. The molecule has 0 aliphatic heterocycles. The van der Waals surface area contributed by atoms with Crippen molar-refractivity contribution < 1.29 is 9.13 Å². The molecular weight excluding hydrogens is 241 g/mol. The highest BCUT2D eigenvalue weighted by molar-refractivity contribution is 5.30. The lowest BCUT2D eigenvalue weighted by atomic mass is 10.0. The lowest BCUT2D eigenvalue weighted by Crippen LogP contribution is -2.28. The lowest BCUT2D eigenvalue weighted by molar-refractivity contribution is 0.380. The summed E-state index contributed by atoms with van der Waals surface area (Å²) in [7, 11) is 1.50. The van der Waals surface area contributed by atoms with E-state index in [1.165, 1.54) is 39.2 Å². The third kappa shape index (κ3) is 3.93. The van der Waals surface area contributed by atoms with Crippen LogP contribution in [-0.4, -0.2) is 13.2 Å². The topological polar surface area (TPSA) is 21.3 Å². The van der Waals surface area contributed by atoms with Crippen LogP contribution in [0, 0.1) is 11.7 Å². The van der Waals surface area contributed by atoms with Gasteiger partial charge in [-0.1, -0.05) is 31.9 Å². The third-order valence-electron chi connectivity index (χ3n) is 4.10. The van der Waals surface area contributed by atoms with Crippen molar-refractivity contribution in [3.8, 4) is 5.75 Å². The summed E-state index contributed by atoms with van der Waals surface area (Å²) in [5.74, 6) is 0.925. The fraction of sp³-hybridized carbons (Fsp3) is 0.625. The molecule has 3 heteroatoms. The van der Waals surface area contributed by atoms with Gasteiger partial charge >= 0.3 is 0 Å². The van der Waals surface area contributed by atoms with Crippen LogP contribution < -0.4 is 10.1 Å². The van der Waals surface area contributed by atoms with Gasteiger partial charge in [-0.3, -0.25) is 0 Å². The number of nitrogens with one attached hydrogen (secondary N) is 1. The van der Waals surface area contributed by atoms with Gasteiger partial charge in [-0.15, -0.1) is 0 Å². The Morgan fingerprint density at radius 1 is 1.26 bits per heavy atom. The number of benzene rings is 1. The Labute approximate surface area is 115 Å². The molecule has 106 valence electrons. The first-order valence-corrected chi connectivity index (χ1v) is 7.25. The summed E-state index contributed by atoms with van der Waals surface area (Å²) >= 11 is 0. The molecule has 0 heterocycles. The van der Waals surface area contributed by atoms with E-state index < -0.39 is 0 Å². The summed E-state index contributed by atoms with van der Waals surface area (Å²) in [6, 6.07) is 5.85. The van der Waals surface area contributed by atoms with Gasteiger partial charge < -0.3 is 10.1 Å². The average Bonchev–Trinajstić information content (AvgIpc) is 2.62. The Hall–Kier alpha value is -1.09. The van der Waals surface area contributed by atoms with Crippen molar-refractivity contribution in [1.29, 1.82) is 0 Å². The summed E-state index contributed by atoms with van der Waals surface area (Å²) in [6.45, 7) is 2.91. The summed E-state index contributed by atoms with van der Waals surface area (Å²) in [5, 5.41) is 3.50. The predicted octanol–water partition coefficient (Wildman–Crippen LogP) is 3.89. The molecule has 2 rings (SSSR count). The molecule has 1 saturated carbocycles. The fourth-order valence-electron chi connectivity index (χ4n) is 2.80. The molecule has 1 aliphatic carbocycles. The number of halogens is 1. The van der Waals surface area contributed by atoms with Crippen molar-refractivity contribution >= 4 is 0 Å². The number of methoxy groups -OCH3 is 1. The number of hydrogen-bond acceptors (Lipinski definition) is 2. The first kappa shape index (κ1) is 14.3. The molecule has 1 aromatic carbocycles.